The Labute approximate surface area is 138 Å². The second-order valence-corrected chi connectivity index (χ2v) is 6.48. The molecule has 2 aromatic heterocycles. The molecule has 2 N–H and O–H groups in total. The molecule has 0 spiro atoms. The first kappa shape index (κ1) is 15.7. The van der Waals surface area contributed by atoms with Crippen LogP contribution in [0.2, 0.25) is 0 Å². The maximum absolute atomic E-state index is 4.72. The summed E-state index contributed by atoms with van der Waals surface area (Å²) in [7, 11) is 0. The number of nitrogens with one attached hydrogen (secondary N) is 2. The predicted octanol–water partition coefficient (Wildman–Crippen LogP) is 4.10. The van der Waals surface area contributed by atoms with E-state index >= 15 is 0 Å². The minimum Gasteiger partial charge on any atom is -0.368 e. The summed E-state index contributed by atoms with van der Waals surface area (Å²) in [5.74, 6) is 1.58. The smallest absolute Gasteiger partial charge is 0.225 e. The summed E-state index contributed by atoms with van der Waals surface area (Å²) in [6, 6.07) is 6.78. The molecule has 0 amide bonds. The van der Waals surface area contributed by atoms with E-state index in [1.807, 2.05) is 18.2 Å². The fraction of sp³-hybridized carbons (Fsp3) is 0.500. The summed E-state index contributed by atoms with van der Waals surface area (Å²) in [6.45, 7) is 4.23. The summed E-state index contributed by atoms with van der Waals surface area (Å²) in [4.78, 5) is 13.4. The topological polar surface area (TPSA) is 62.7 Å². The predicted molar refractivity (Wildman–Crippen MR) is 94.5 cm³/mol. The molecule has 1 saturated carbocycles. The lowest BCUT2D eigenvalue weighted by molar-refractivity contribution is 0.461. The lowest BCUT2D eigenvalue weighted by Gasteiger charge is -2.23. The standard InChI is InChI=1S/C18H25N5/c1-13(2)20-17-12-16(14-8-10-19-11-9-14)22-18(23-17)21-15-6-4-3-5-7-15/h8-13,15H,3-7H2,1-2H3,(H2,20,21,22,23). The highest BCUT2D eigenvalue weighted by atomic mass is 15.2. The summed E-state index contributed by atoms with van der Waals surface area (Å²) in [6.07, 6.45) is 9.92. The van der Waals surface area contributed by atoms with Crippen molar-refractivity contribution < 1.29 is 0 Å². The molecule has 1 aliphatic rings. The van der Waals surface area contributed by atoms with Gasteiger partial charge in [-0.25, -0.2) is 4.98 Å². The highest BCUT2D eigenvalue weighted by Gasteiger charge is 2.15. The van der Waals surface area contributed by atoms with Gasteiger partial charge < -0.3 is 10.6 Å². The van der Waals surface area contributed by atoms with Crippen LogP contribution < -0.4 is 10.6 Å². The van der Waals surface area contributed by atoms with Gasteiger partial charge in [-0.15, -0.1) is 0 Å². The summed E-state index contributed by atoms with van der Waals surface area (Å²) in [5.41, 5.74) is 1.98. The maximum Gasteiger partial charge on any atom is 0.225 e. The molecule has 0 aromatic carbocycles. The van der Waals surface area contributed by atoms with Gasteiger partial charge in [0.05, 0.1) is 5.69 Å². The van der Waals surface area contributed by atoms with Gasteiger partial charge in [-0.3, -0.25) is 4.98 Å². The molecule has 1 aliphatic carbocycles. The van der Waals surface area contributed by atoms with Crippen LogP contribution in [0.15, 0.2) is 30.6 Å². The Balaban J connectivity index is 1.87. The van der Waals surface area contributed by atoms with Gasteiger partial charge in [0.25, 0.3) is 0 Å². The molecular formula is C18H25N5. The molecule has 0 aliphatic heterocycles. The SMILES string of the molecule is CC(C)Nc1cc(-c2ccncc2)nc(NC2CCCCC2)n1. The first-order valence-electron chi connectivity index (χ1n) is 8.53. The van der Waals surface area contributed by atoms with Crippen LogP contribution in [0.3, 0.4) is 0 Å². The molecular weight excluding hydrogens is 286 g/mol. The van der Waals surface area contributed by atoms with E-state index in [1.165, 1.54) is 32.1 Å². The van der Waals surface area contributed by atoms with Crippen LogP contribution in [-0.2, 0) is 0 Å². The second kappa shape index (κ2) is 7.40. The average Bonchev–Trinajstić information content (AvgIpc) is 2.56. The lowest BCUT2D eigenvalue weighted by Crippen LogP contribution is -2.24. The van der Waals surface area contributed by atoms with Crippen molar-refractivity contribution in [1.29, 1.82) is 0 Å². The van der Waals surface area contributed by atoms with Gasteiger partial charge in [0.15, 0.2) is 0 Å². The van der Waals surface area contributed by atoms with Gasteiger partial charge in [0.1, 0.15) is 5.82 Å². The Morgan fingerprint density at radius 1 is 1.04 bits per heavy atom. The summed E-state index contributed by atoms with van der Waals surface area (Å²) in [5, 5.41) is 6.91. The van der Waals surface area contributed by atoms with Crippen LogP contribution >= 0.6 is 0 Å². The van der Waals surface area contributed by atoms with E-state index in [4.69, 9.17) is 4.98 Å². The average molecular weight is 311 g/mol. The van der Waals surface area contributed by atoms with Crippen LogP contribution in [0.1, 0.15) is 46.0 Å². The number of anilines is 2. The van der Waals surface area contributed by atoms with Crippen molar-refractivity contribution in [3.05, 3.63) is 30.6 Å². The molecule has 1 fully saturated rings. The zero-order valence-corrected chi connectivity index (χ0v) is 13.9. The molecule has 0 atom stereocenters. The fourth-order valence-electron chi connectivity index (χ4n) is 2.98. The molecule has 0 bridgehead atoms. The van der Waals surface area contributed by atoms with Crippen molar-refractivity contribution in [3.8, 4) is 11.3 Å². The van der Waals surface area contributed by atoms with Crippen LogP contribution in [0.25, 0.3) is 11.3 Å². The zero-order valence-electron chi connectivity index (χ0n) is 13.9. The molecule has 5 heteroatoms. The summed E-state index contributed by atoms with van der Waals surface area (Å²) < 4.78 is 0. The number of rotatable bonds is 5. The highest BCUT2D eigenvalue weighted by Crippen LogP contribution is 2.24. The number of aromatic nitrogens is 3. The minimum absolute atomic E-state index is 0.331. The molecule has 2 aromatic rings. The van der Waals surface area contributed by atoms with Crippen molar-refractivity contribution in [3.63, 3.8) is 0 Å². The van der Waals surface area contributed by atoms with Gasteiger partial charge in [-0.1, -0.05) is 19.3 Å². The van der Waals surface area contributed by atoms with Gasteiger partial charge >= 0.3 is 0 Å². The molecule has 3 rings (SSSR count). The van der Waals surface area contributed by atoms with E-state index in [0.717, 1.165) is 23.0 Å². The van der Waals surface area contributed by atoms with Gasteiger partial charge in [-0.05, 0) is 38.8 Å². The van der Waals surface area contributed by atoms with Crippen LogP contribution in [0.5, 0.6) is 0 Å². The Morgan fingerprint density at radius 2 is 1.78 bits per heavy atom. The van der Waals surface area contributed by atoms with Crippen molar-refractivity contribution in [1.82, 2.24) is 15.0 Å². The van der Waals surface area contributed by atoms with Gasteiger partial charge in [0.2, 0.25) is 5.95 Å². The third-order valence-electron chi connectivity index (χ3n) is 4.08. The molecule has 23 heavy (non-hydrogen) atoms. The Hall–Kier alpha value is -2.17. The third kappa shape index (κ3) is 4.41. The number of hydrogen-bond donors (Lipinski definition) is 2. The maximum atomic E-state index is 4.72. The quantitative estimate of drug-likeness (QED) is 0.870. The zero-order chi connectivity index (χ0) is 16.1. The summed E-state index contributed by atoms with van der Waals surface area (Å²) >= 11 is 0. The van der Waals surface area contributed by atoms with Crippen LogP contribution in [0.4, 0.5) is 11.8 Å². The normalized spacial score (nSPS) is 15.6. The van der Waals surface area contributed by atoms with E-state index in [0.29, 0.717) is 12.1 Å². The Bertz CT molecular complexity index is 621. The minimum atomic E-state index is 0.331. The monoisotopic (exact) mass is 311 g/mol. The number of pyridine rings is 1. The molecule has 2 heterocycles. The van der Waals surface area contributed by atoms with Crippen molar-refractivity contribution in [2.75, 3.05) is 10.6 Å². The largest absolute Gasteiger partial charge is 0.368 e. The van der Waals surface area contributed by atoms with Crippen molar-refractivity contribution >= 4 is 11.8 Å². The Morgan fingerprint density at radius 3 is 2.48 bits per heavy atom. The number of nitrogens with zero attached hydrogens (tertiary/aromatic N) is 3. The third-order valence-corrected chi connectivity index (χ3v) is 4.08. The number of hydrogen-bond acceptors (Lipinski definition) is 5. The van der Waals surface area contributed by atoms with Crippen LogP contribution in [0, 0.1) is 0 Å². The highest BCUT2D eigenvalue weighted by molar-refractivity contribution is 5.64. The molecule has 0 saturated heterocycles. The van der Waals surface area contributed by atoms with Crippen molar-refractivity contribution in [2.24, 2.45) is 0 Å². The molecule has 0 radical (unpaired) electrons. The first-order valence-corrected chi connectivity index (χ1v) is 8.53. The Kier molecular flexibility index (Phi) is 5.05. The van der Waals surface area contributed by atoms with Gasteiger partial charge in [-0.2, -0.15) is 4.98 Å². The second-order valence-electron chi connectivity index (χ2n) is 6.48. The molecule has 5 nitrogen and oxygen atoms in total. The first-order chi connectivity index (χ1) is 11.2. The van der Waals surface area contributed by atoms with Gasteiger partial charge in [0, 0.05) is 36.1 Å². The van der Waals surface area contributed by atoms with E-state index in [2.05, 4.69) is 34.4 Å². The van der Waals surface area contributed by atoms with E-state index in [9.17, 15) is 0 Å². The molecule has 122 valence electrons. The van der Waals surface area contributed by atoms with E-state index in [-0.39, 0.29) is 0 Å². The van der Waals surface area contributed by atoms with E-state index < -0.39 is 0 Å². The molecule has 0 unspecified atom stereocenters. The van der Waals surface area contributed by atoms with Crippen molar-refractivity contribution in [2.45, 2.75) is 58.0 Å². The van der Waals surface area contributed by atoms with Crippen LogP contribution in [-0.4, -0.2) is 27.0 Å². The van der Waals surface area contributed by atoms with E-state index in [1.54, 1.807) is 12.4 Å². The fourth-order valence-corrected chi connectivity index (χ4v) is 2.98. The lowest BCUT2D eigenvalue weighted by atomic mass is 9.96.